The minimum absolute atomic E-state index is 0.0282. The molecule has 5 rings (SSSR count). The topological polar surface area (TPSA) is 74.1 Å². The molecule has 3 aromatic rings. The Hall–Kier alpha value is -3.49. The average molecular weight is 535 g/mol. The van der Waals surface area contributed by atoms with Gasteiger partial charge in [-0.25, -0.2) is 9.40 Å². The molecule has 2 amide bonds. The highest BCUT2D eigenvalue weighted by atomic mass is 35.5. The number of carbonyl (C=O) groups is 2. The summed E-state index contributed by atoms with van der Waals surface area (Å²) in [5.74, 6) is -0.982. The maximum Gasteiger partial charge on any atom is 0.262 e. The van der Waals surface area contributed by atoms with Crippen molar-refractivity contribution in [3.8, 4) is 0 Å². The summed E-state index contributed by atoms with van der Waals surface area (Å²) in [4.78, 5) is 29.7. The van der Waals surface area contributed by atoms with Gasteiger partial charge >= 0.3 is 0 Å². The standard InChI is InChI=1S/C28H24ClFN4O2S/c1-16-3-6-19(7-4-16)24-14-23(18-8-10-20(30)11-9-18)33-34(24)28-32-27(36)25(37-28)15-26(35)31-21-12-5-17(2)22(29)13-21/h3-13,24-25H,14-15H2,1-2H3,(H,31,35)/t24-,25+/m1/s1. The van der Waals surface area contributed by atoms with Gasteiger partial charge in [-0.3, -0.25) is 9.59 Å². The number of hydrogen-bond acceptors (Lipinski definition) is 5. The fourth-order valence-corrected chi connectivity index (χ4v) is 5.45. The molecule has 2 heterocycles. The smallest absolute Gasteiger partial charge is 0.262 e. The lowest BCUT2D eigenvalue weighted by atomic mass is 9.98. The van der Waals surface area contributed by atoms with Gasteiger partial charge in [0.15, 0.2) is 5.17 Å². The minimum atomic E-state index is -0.653. The van der Waals surface area contributed by atoms with E-state index in [1.165, 1.54) is 23.9 Å². The molecule has 188 valence electrons. The number of nitrogens with zero attached hydrogens (tertiary/aromatic N) is 3. The first-order valence-electron chi connectivity index (χ1n) is 11.8. The molecule has 0 saturated carbocycles. The van der Waals surface area contributed by atoms with E-state index in [2.05, 4.69) is 10.3 Å². The molecular weight excluding hydrogens is 511 g/mol. The van der Waals surface area contributed by atoms with Crippen LogP contribution < -0.4 is 5.32 Å². The van der Waals surface area contributed by atoms with E-state index >= 15 is 0 Å². The van der Waals surface area contributed by atoms with Crippen molar-refractivity contribution in [2.75, 3.05) is 5.32 Å². The van der Waals surface area contributed by atoms with Crippen LogP contribution in [0.2, 0.25) is 5.02 Å². The number of amides is 2. The highest BCUT2D eigenvalue weighted by Crippen LogP contribution is 2.38. The van der Waals surface area contributed by atoms with Gasteiger partial charge in [0, 0.05) is 23.6 Å². The third kappa shape index (κ3) is 5.60. The molecule has 3 aromatic carbocycles. The average Bonchev–Trinajstić information content (AvgIpc) is 3.46. The lowest BCUT2D eigenvalue weighted by molar-refractivity contribution is -0.121. The fraction of sp³-hybridized carbons (Fsp3) is 0.214. The molecule has 37 heavy (non-hydrogen) atoms. The Morgan fingerprint density at radius 2 is 1.84 bits per heavy atom. The Morgan fingerprint density at radius 3 is 2.54 bits per heavy atom. The van der Waals surface area contributed by atoms with Gasteiger partial charge < -0.3 is 5.32 Å². The Morgan fingerprint density at radius 1 is 1.11 bits per heavy atom. The van der Waals surface area contributed by atoms with Crippen molar-refractivity contribution in [3.63, 3.8) is 0 Å². The predicted octanol–water partition coefficient (Wildman–Crippen LogP) is 6.27. The van der Waals surface area contributed by atoms with Gasteiger partial charge in [0.25, 0.3) is 5.91 Å². The number of anilines is 1. The second-order valence-electron chi connectivity index (χ2n) is 9.08. The number of amidine groups is 1. The van der Waals surface area contributed by atoms with Crippen molar-refractivity contribution in [2.24, 2.45) is 10.1 Å². The first-order valence-corrected chi connectivity index (χ1v) is 13.1. The zero-order valence-corrected chi connectivity index (χ0v) is 21.8. The summed E-state index contributed by atoms with van der Waals surface area (Å²) >= 11 is 7.39. The van der Waals surface area contributed by atoms with Gasteiger partial charge in [-0.15, -0.1) is 0 Å². The van der Waals surface area contributed by atoms with Crippen molar-refractivity contribution in [2.45, 2.75) is 38.0 Å². The molecule has 1 N–H and O–H groups in total. The van der Waals surface area contributed by atoms with E-state index in [1.54, 1.807) is 29.3 Å². The lowest BCUT2D eigenvalue weighted by Gasteiger charge is -2.23. The maximum absolute atomic E-state index is 13.5. The molecule has 0 saturated heterocycles. The molecule has 0 fully saturated rings. The molecule has 0 bridgehead atoms. The molecule has 0 radical (unpaired) electrons. The first kappa shape index (κ1) is 25.2. The van der Waals surface area contributed by atoms with Gasteiger partial charge in [-0.1, -0.05) is 71.4 Å². The van der Waals surface area contributed by atoms with Crippen LogP contribution in [0, 0.1) is 19.7 Å². The number of rotatable bonds is 5. The summed E-state index contributed by atoms with van der Waals surface area (Å²) in [6.45, 7) is 3.90. The summed E-state index contributed by atoms with van der Waals surface area (Å²) in [7, 11) is 0. The Bertz CT molecular complexity index is 1420. The predicted molar refractivity (Wildman–Crippen MR) is 147 cm³/mol. The molecule has 0 aliphatic carbocycles. The monoisotopic (exact) mass is 534 g/mol. The number of aliphatic imine (C=N–C) groups is 1. The molecule has 9 heteroatoms. The van der Waals surface area contributed by atoms with Crippen molar-refractivity contribution >= 4 is 51.7 Å². The SMILES string of the molecule is Cc1ccc([C@H]2CC(c3ccc(F)cc3)=NN2C2=NC(=O)[C@H](CC(=O)Nc3ccc(C)c(Cl)c3)S2)cc1. The summed E-state index contributed by atoms with van der Waals surface area (Å²) < 4.78 is 13.5. The van der Waals surface area contributed by atoms with E-state index < -0.39 is 5.25 Å². The number of hydrogen-bond donors (Lipinski definition) is 1. The summed E-state index contributed by atoms with van der Waals surface area (Å²) in [6, 6.07) is 19.4. The van der Waals surface area contributed by atoms with Crippen LogP contribution in [0.4, 0.5) is 10.1 Å². The lowest BCUT2D eigenvalue weighted by Crippen LogP contribution is -2.25. The van der Waals surface area contributed by atoms with Gasteiger partial charge in [-0.2, -0.15) is 10.1 Å². The number of nitrogens with one attached hydrogen (secondary N) is 1. The van der Waals surface area contributed by atoms with E-state index in [4.69, 9.17) is 16.7 Å². The molecule has 0 aromatic heterocycles. The van der Waals surface area contributed by atoms with Crippen LogP contribution in [0.25, 0.3) is 0 Å². The minimum Gasteiger partial charge on any atom is -0.326 e. The van der Waals surface area contributed by atoms with Crippen molar-refractivity contribution in [1.82, 2.24) is 5.01 Å². The highest BCUT2D eigenvalue weighted by Gasteiger charge is 2.39. The molecule has 0 spiro atoms. The largest absolute Gasteiger partial charge is 0.326 e. The quantitative estimate of drug-likeness (QED) is 0.418. The Kier molecular flexibility index (Phi) is 7.13. The number of carbonyl (C=O) groups excluding carboxylic acids is 2. The Labute approximate surface area is 223 Å². The van der Waals surface area contributed by atoms with Crippen molar-refractivity contribution in [1.29, 1.82) is 0 Å². The third-order valence-electron chi connectivity index (χ3n) is 6.30. The van der Waals surface area contributed by atoms with Crippen molar-refractivity contribution in [3.05, 3.63) is 99.8 Å². The number of thioether (sulfide) groups is 1. The van der Waals surface area contributed by atoms with E-state index in [0.29, 0.717) is 22.3 Å². The summed E-state index contributed by atoms with van der Waals surface area (Å²) in [6.07, 6.45) is 0.543. The zero-order chi connectivity index (χ0) is 26.1. The second-order valence-corrected chi connectivity index (χ2v) is 10.7. The normalized spacial score (nSPS) is 19.1. The molecule has 2 atom stereocenters. The molecule has 0 unspecified atom stereocenters. The molecule has 6 nitrogen and oxygen atoms in total. The number of benzene rings is 3. The van der Waals surface area contributed by atoms with E-state index in [0.717, 1.165) is 28.0 Å². The van der Waals surface area contributed by atoms with Crippen LogP contribution in [0.15, 0.2) is 76.8 Å². The van der Waals surface area contributed by atoms with Crippen LogP contribution in [-0.4, -0.2) is 33.0 Å². The number of aryl methyl sites for hydroxylation is 2. The summed E-state index contributed by atoms with van der Waals surface area (Å²) in [5.41, 5.74) is 5.23. The van der Waals surface area contributed by atoms with Gasteiger partial charge in [0.05, 0.1) is 11.8 Å². The second kappa shape index (κ2) is 10.5. The fourth-order valence-electron chi connectivity index (χ4n) is 4.21. The number of hydrazone groups is 1. The van der Waals surface area contributed by atoms with Gasteiger partial charge in [0.1, 0.15) is 11.1 Å². The summed E-state index contributed by atoms with van der Waals surface area (Å²) in [5, 5.41) is 9.70. The molecular formula is C28H24ClFN4O2S. The first-order chi connectivity index (χ1) is 17.8. The van der Waals surface area contributed by atoms with Crippen LogP contribution >= 0.6 is 23.4 Å². The number of halogens is 2. The Balaban J connectivity index is 1.34. The van der Waals surface area contributed by atoms with Gasteiger partial charge in [0.2, 0.25) is 5.91 Å². The maximum atomic E-state index is 13.5. The molecule has 2 aliphatic rings. The third-order valence-corrected chi connectivity index (χ3v) is 7.85. The van der Waals surface area contributed by atoms with Crippen LogP contribution in [-0.2, 0) is 9.59 Å². The van der Waals surface area contributed by atoms with Crippen LogP contribution in [0.1, 0.15) is 41.1 Å². The van der Waals surface area contributed by atoms with E-state index in [9.17, 15) is 14.0 Å². The van der Waals surface area contributed by atoms with Crippen LogP contribution in [0.3, 0.4) is 0 Å². The van der Waals surface area contributed by atoms with E-state index in [1.807, 2.05) is 44.2 Å². The van der Waals surface area contributed by atoms with Crippen LogP contribution in [0.5, 0.6) is 0 Å². The molecule has 2 aliphatic heterocycles. The van der Waals surface area contributed by atoms with Crippen molar-refractivity contribution < 1.29 is 14.0 Å². The highest BCUT2D eigenvalue weighted by molar-refractivity contribution is 8.15. The van der Waals surface area contributed by atoms with E-state index in [-0.39, 0.29) is 30.1 Å². The zero-order valence-electron chi connectivity index (χ0n) is 20.2. The van der Waals surface area contributed by atoms with Gasteiger partial charge in [-0.05, 0) is 54.8 Å².